The summed E-state index contributed by atoms with van der Waals surface area (Å²) in [5.41, 5.74) is 0.610. The highest BCUT2D eigenvalue weighted by molar-refractivity contribution is 9.10. The molecule has 7 nitrogen and oxygen atoms in total. The van der Waals surface area contributed by atoms with Crippen LogP contribution in [0.5, 0.6) is 11.6 Å². The summed E-state index contributed by atoms with van der Waals surface area (Å²) in [4.78, 5) is 18.3. The maximum absolute atomic E-state index is 10.8. The van der Waals surface area contributed by atoms with Gasteiger partial charge in [-0.05, 0) is 22.0 Å². The lowest BCUT2D eigenvalue weighted by atomic mass is 10.2. The minimum absolute atomic E-state index is 0.120. The largest absolute Gasteiger partial charge is 0.506 e. The molecule has 1 aromatic heterocycles. The van der Waals surface area contributed by atoms with Crippen molar-refractivity contribution in [2.24, 2.45) is 4.99 Å². The van der Waals surface area contributed by atoms with Gasteiger partial charge in [-0.15, -0.1) is 0 Å². The standard InChI is InChI=1S/C13H10BrN3O4/c1-21-12-3-2-9(7-16-12)15-6-8-4-10(17(19)20)5-11(14)13(8)18/h2-7,18H,1H3. The molecule has 0 radical (unpaired) electrons. The van der Waals surface area contributed by atoms with E-state index in [2.05, 4.69) is 25.9 Å². The van der Waals surface area contributed by atoms with Gasteiger partial charge in [-0.2, -0.15) is 0 Å². The maximum atomic E-state index is 10.8. The number of ether oxygens (including phenoxy) is 1. The monoisotopic (exact) mass is 351 g/mol. The third kappa shape index (κ3) is 3.54. The normalized spacial score (nSPS) is 10.8. The first-order valence-corrected chi connectivity index (χ1v) is 6.51. The smallest absolute Gasteiger partial charge is 0.271 e. The summed E-state index contributed by atoms with van der Waals surface area (Å²) in [5, 5.41) is 20.7. The van der Waals surface area contributed by atoms with Crippen LogP contribution in [0.3, 0.4) is 0 Å². The van der Waals surface area contributed by atoms with Gasteiger partial charge >= 0.3 is 0 Å². The van der Waals surface area contributed by atoms with Crippen molar-refractivity contribution in [2.45, 2.75) is 0 Å². The average molecular weight is 352 g/mol. The van der Waals surface area contributed by atoms with Crippen LogP contribution in [0.2, 0.25) is 0 Å². The molecule has 0 unspecified atom stereocenters. The van der Waals surface area contributed by atoms with E-state index in [1.807, 2.05) is 0 Å². The van der Waals surface area contributed by atoms with Crippen LogP contribution >= 0.6 is 15.9 Å². The molecule has 2 rings (SSSR count). The molecule has 0 saturated carbocycles. The van der Waals surface area contributed by atoms with E-state index in [0.29, 0.717) is 11.6 Å². The third-order valence-electron chi connectivity index (χ3n) is 2.57. The fraction of sp³-hybridized carbons (Fsp3) is 0.0769. The number of aromatic nitrogens is 1. The molecule has 1 heterocycles. The van der Waals surface area contributed by atoms with Crippen molar-refractivity contribution in [2.75, 3.05) is 7.11 Å². The third-order valence-corrected chi connectivity index (χ3v) is 3.18. The Bertz CT molecular complexity index is 701. The van der Waals surface area contributed by atoms with Crippen LogP contribution in [0.4, 0.5) is 11.4 Å². The van der Waals surface area contributed by atoms with Crippen LogP contribution in [0.15, 0.2) is 39.9 Å². The number of benzene rings is 1. The molecule has 21 heavy (non-hydrogen) atoms. The fourth-order valence-corrected chi connectivity index (χ4v) is 1.99. The average Bonchev–Trinajstić information content (AvgIpc) is 2.49. The molecule has 0 aliphatic heterocycles. The lowest BCUT2D eigenvalue weighted by molar-refractivity contribution is -0.385. The first kappa shape index (κ1) is 14.9. The number of non-ortho nitro benzene ring substituents is 1. The fourth-order valence-electron chi connectivity index (χ4n) is 1.52. The Hall–Kier alpha value is -2.48. The number of rotatable bonds is 4. The van der Waals surface area contributed by atoms with Crippen LogP contribution in [0, 0.1) is 10.1 Å². The topological polar surface area (TPSA) is 97.9 Å². The van der Waals surface area contributed by atoms with Crippen LogP contribution in [-0.4, -0.2) is 28.3 Å². The second-order valence-corrected chi connectivity index (χ2v) is 4.79. The van der Waals surface area contributed by atoms with E-state index in [0.717, 1.165) is 0 Å². The number of phenols is 1. The van der Waals surface area contributed by atoms with Crippen molar-refractivity contribution in [3.63, 3.8) is 0 Å². The van der Waals surface area contributed by atoms with Crippen LogP contribution in [-0.2, 0) is 0 Å². The first-order chi connectivity index (χ1) is 10.0. The van der Waals surface area contributed by atoms with Crippen molar-refractivity contribution in [1.82, 2.24) is 4.98 Å². The number of nitro groups is 1. The van der Waals surface area contributed by atoms with E-state index in [1.165, 1.54) is 31.7 Å². The van der Waals surface area contributed by atoms with Gasteiger partial charge in [-0.3, -0.25) is 15.1 Å². The number of pyridine rings is 1. The zero-order valence-corrected chi connectivity index (χ0v) is 12.4. The molecule has 2 aromatic rings. The number of nitrogens with zero attached hydrogens (tertiary/aromatic N) is 3. The highest BCUT2D eigenvalue weighted by Crippen LogP contribution is 2.31. The molecule has 0 spiro atoms. The van der Waals surface area contributed by atoms with Crippen molar-refractivity contribution < 1.29 is 14.8 Å². The Morgan fingerprint density at radius 2 is 2.24 bits per heavy atom. The summed E-state index contributed by atoms with van der Waals surface area (Å²) in [6.07, 6.45) is 2.81. The molecule has 0 amide bonds. The number of nitro benzene ring substituents is 1. The van der Waals surface area contributed by atoms with E-state index >= 15 is 0 Å². The highest BCUT2D eigenvalue weighted by atomic mass is 79.9. The number of aromatic hydroxyl groups is 1. The van der Waals surface area contributed by atoms with E-state index in [-0.39, 0.29) is 21.5 Å². The maximum Gasteiger partial charge on any atom is 0.271 e. The summed E-state index contributed by atoms with van der Waals surface area (Å²) in [6.45, 7) is 0. The zero-order chi connectivity index (χ0) is 15.4. The van der Waals surface area contributed by atoms with Crippen molar-refractivity contribution in [3.8, 4) is 11.6 Å². The van der Waals surface area contributed by atoms with Crippen LogP contribution in [0.1, 0.15) is 5.56 Å². The Labute approximate surface area is 128 Å². The van der Waals surface area contributed by atoms with Gasteiger partial charge in [0.1, 0.15) is 5.75 Å². The molecule has 0 fully saturated rings. The van der Waals surface area contributed by atoms with Gasteiger partial charge in [0.15, 0.2) is 0 Å². The molecule has 0 atom stereocenters. The SMILES string of the molecule is COc1ccc(N=Cc2cc([N+](=O)[O-])cc(Br)c2O)cn1. The van der Waals surface area contributed by atoms with Crippen molar-refractivity contribution >= 4 is 33.5 Å². The lowest BCUT2D eigenvalue weighted by Crippen LogP contribution is -1.92. The van der Waals surface area contributed by atoms with E-state index in [1.54, 1.807) is 12.1 Å². The first-order valence-electron chi connectivity index (χ1n) is 5.72. The molecule has 8 heteroatoms. The Morgan fingerprint density at radius 1 is 1.48 bits per heavy atom. The number of hydrogen-bond acceptors (Lipinski definition) is 6. The van der Waals surface area contributed by atoms with Gasteiger partial charge < -0.3 is 9.84 Å². The highest BCUT2D eigenvalue weighted by Gasteiger charge is 2.13. The molecular weight excluding hydrogens is 342 g/mol. The van der Waals surface area contributed by atoms with Gasteiger partial charge in [-0.25, -0.2) is 4.98 Å². The molecule has 1 N–H and O–H groups in total. The van der Waals surface area contributed by atoms with Crippen molar-refractivity contribution in [1.29, 1.82) is 0 Å². The summed E-state index contributed by atoms with van der Waals surface area (Å²) < 4.78 is 5.15. The Morgan fingerprint density at radius 3 is 2.81 bits per heavy atom. The summed E-state index contributed by atoms with van der Waals surface area (Å²) >= 11 is 3.07. The van der Waals surface area contributed by atoms with Gasteiger partial charge in [0.2, 0.25) is 5.88 Å². The Kier molecular flexibility index (Phi) is 4.49. The second-order valence-electron chi connectivity index (χ2n) is 3.94. The molecule has 1 aromatic carbocycles. The molecule has 108 valence electrons. The number of methoxy groups -OCH3 is 1. The minimum atomic E-state index is -0.545. The number of hydrogen-bond donors (Lipinski definition) is 1. The predicted molar refractivity (Wildman–Crippen MR) is 80.5 cm³/mol. The van der Waals surface area contributed by atoms with Crippen LogP contribution < -0.4 is 4.74 Å². The minimum Gasteiger partial charge on any atom is -0.506 e. The van der Waals surface area contributed by atoms with E-state index in [9.17, 15) is 15.2 Å². The van der Waals surface area contributed by atoms with Gasteiger partial charge in [0.05, 0.1) is 28.4 Å². The van der Waals surface area contributed by atoms with Gasteiger partial charge in [0.25, 0.3) is 5.69 Å². The zero-order valence-electron chi connectivity index (χ0n) is 10.9. The lowest BCUT2D eigenvalue weighted by Gasteiger charge is -2.02. The van der Waals surface area contributed by atoms with Crippen molar-refractivity contribution in [3.05, 3.63) is 50.6 Å². The molecule has 0 bridgehead atoms. The number of phenolic OH excluding ortho intramolecular Hbond substituents is 1. The van der Waals surface area contributed by atoms with Crippen LogP contribution in [0.25, 0.3) is 0 Å². The van der Waals surface area contributed by atoms with E-state index in [4.69, 9.17) is 4.74 Å². The van der Waals surface area contributed by atoms with Gasteiger partial charge in [0, 0.05) is 30.0 Å². The summed E-state index contributed by atoms with van der Waals surface area (Å²) in [7, 11) is 1.50. The molecule has 0 aliphatic carbocycles. The molecule has 0 aliphatic rings. The van der Waals surface area contributed by atoms with E-state index < -0.39 is 4.92 Å². The van der Waals surface area contributed by atoms with Gasteiger partial charge in [-0.1, -0.05) is 0 Å². The Balaban J connectivity index is 2.33. The number of halogens is 1. The number of aliphatic imine (C=N–C) groups is 1. The molecular formula is C13H10BrN3O4. The quantitative estimate of drug-likeness (QED) is 0.518. The molecule has 0 saturated heterocycles. The predicted octanol–water partition coefficient (Wildman–Crippen LogP) is 3.22. The second kappa shape index (κ2) is 6.31. The summed E-state index contributed by atoms with van der Waals surface area (Å²) in [6, 6.07) is 5.77. The summed E-state index contributed by atoms with van der Waals surface area (Å²) in [5.74, 6) is 0.334.